The maximum absolute atomic E-state index is 12.8. The van der Waals surface area contributed by atoms with E-state index in [1.807, 2.05) is 31.6 Å². The summed E-state index contributed by atoms with van der Waals surface area (Å²) in [7, 11) is 1.89. The van der Waals surface area contributed by atoms with Crippen molar-refractivity contribution in [3.63, 3.8) is 0 Å². The third kappa shape index (κ3) is 2.63. The summed E-state index contributed by atoms with van der Waals surface area (Å²) < 4.78 is 1.77. The Morgan fingerprint density at radius 2 is 2.21 bits per heavy atom. The molecule has 4 rings (SSSR count). The first-order valence-corrected chi connectivity index (χ1v) is 7.91. The number of hydrogen-bond donors (Lipinski definition) is 2. The van der Waals surface area contributed by atoms with Crippen LogP contribution in [0.4, 0.5) is 5.69 Å². The summed E-state index contributed by atoms with van der Waals surface area (Å²) in [6.07, 6.45) is 8.93. The highest BCUT2D eigenvalue weighted by atomic mass is 16.2. The van der Waals surface area contributed by atoms with E-state index < -0.39 is 0 Å². The van der Waals surface area contributed by atoms with Crippen molar-refractivity contribution in [2.75, 3.05) is 18.4 Å². The van der Waals surface area contributed by atoms with Gasteiger partial charge in [-0.2, -0.15) is 5.10 Å². The van der Waals surface area contributed by atoms with Crippen LogP contribution in [-0.4, -0.2) is 38.7 Å². The number of rotatable bonds is 3. The third-order valence-corrected chi connectivity index (χ3v) is 4.50. The standard InChI is InChI=1S/C17H18N6O/c1-23-10-11(6-21-23)12-7-19-8-13(12)17(24)22-16-3-5-20-15-2-4-18-9-14(15)16/h2-6,9-10,12-13,19H,7-8H2,1H3,(H,20,22,24)/t12-,13+/m1/s1. The molecule has 1 fully saturated rings. The van der Waals surface area contributed by atoms with Crippen LogP contribution < -0.4 is 10.6 Å². The number of fused-ring (bicyclic) bond motifs is 1. The molecule has 3 aromatic rings. The average Bonchev–Trinajstić information content (AvgIpc) is 3.24. The molecule has 0 radical (unpaired) electrons. The van der Waals surface area contributed by atoms with Gasteiger partial charge in [0.1, 0.15) is 0 Å². The molecule has 0 bridgehead atoms. The lowest BCUT2D eigenvalue weighted by Gasteiger charge is -2.17. The molecule has 4 heterocycles. The zero-order valence-electron chi connectivity index (χ0n) is 13.3. The molecule has 2 N–H and O–H groups in total. The van der Waals surface area contributed by atoms with Gasteiger partial charge in [0.25, 0.3) is 0 Å². The van der Waals surface area contributed by atoms with Crippen molar-refractivity contribution in [3.05, 3.63) is 48.7 Å². The molecule has 0 spiro atoms. The van der Waals surface area contributed by atoms with Crippen LogP contribution >= 0.6 is 0 Å². The third-order valence-electron chi connectivity index (χ3n) is 4.50. The van der Waals surface area contributed by atoms with Gasteiger partial charge in [-0.25, -0.2) is 0 Å². The molecule has 24 heavy (non-hydrogen) atoms. The highest BCUT2D eigenvalue weighted by Crippen LogP contribution is 2.29. The molecule has 7 nitrogen and oxygen atoms in total. The van der Waals surface area contributed by atoms with Crippen LogP contribution in [0.1, 0.15) is 11.5 Å². The summed E-state index contributed by atoms with van der Waals surface area (Å²) in [5.74, 6) is 0.00391. The summed E-state index contributed by atoms with van der Waals surface area (Å²) in [6, 6.07) is 3.64. The van der Waals surface area contributed by atoms with Gasteiger partial charge in [0.2, 0.25) is 5.91 Å². The van der Waals surface area contributed by atoms with E-state index in [9.17, 15) is 4.79 Å². The number of nitrogens with one attached hydrogen (secondary N) is 2. The molecule has 7 heteroatoms. The van der Waals surface area contributed by atoms with Crippen LogP contribution in [-0.2, 0) is 11.8 Å². The van der Waals surface area contributed by atoms with E-state index in [0.29, 0.717) is 6.54 Å². The van der Waals surface area contributed by atoms with Gasteiger partial charge in [0, 0.05) is 56.2 Å². The number of amides is 1. The van der Waals surface area contributed by atoms with E-state index >= 15 is 0 Å². The molecule has 0 aliphatic carbocycles. The van der Waals surface area contributed by atoms with Gasteiger partial charge in [-0.05, 0) is 17.7 Å². The summed E-state index contributed by atoms with van der Waals surface area (Å²) in [6.45, 7) is 1.44. The van der Waals surface area contributed by atoms with Crippen molar-refractivity contribution < 1.29 is 4.79 Å². The van der Waals surface area contributed by atoms with Crippen molar-refractivity contribution in [1.82, 2.24) is 25.1 Å². The Morgan fingerprint density at radius 3 is 3.04 bits per heavy atom. The molecule has 1 amide bonds. The zero-order chi connectivity index (χ0) is 16.5. The molecule has 0 saturated carbocycles. The monoisotopic (exact) mass is 322 g/mol. The largest absolute Gasteiger partial charge is 0.325 e. The predicted octanol–water partition coefficient (Wildman–Crippen LogP) is 1.30. The highest BCUT2D eigenvalue weighted by Gasteiger charge is 2.34. The predicted molar refractivity (Wildman–Crippen MR) is 90.5 cm³/mol. The number of aromatic nitrogens is 4. The van der Waals surface area contributed by atoms with Crippen molar-refractivity contribution in [1.29, 1.82) is 0 Å². The summed E-state index contributed by atoms with van der Waals surface area (Å²) >= 11 is 0. The smallest absolute Gasteiger partial charge is 0.229 e. The summed E-state index contributed by atoms with van der Waals surface area (Å²) in [5.41, 5.74) is 2.65. The maximum Gasteiger partial charge on any atom is 0.229 e. The van der Waals surface area contributed by atoms with E-state index in [0.717, 1.165) is 28.7 Å². The van der Waals surface area contributed by atoms with Crippen LogP contribution in [0.5, 0.6) is 0 Å². The zero-order valence-corrected chi connectivity index (χ0v) is 13.3. The van der Waals surface area contributed by atoms with Crippen LogP contribution in [0, 0.1) is 5.92 Å². The number of aryl methyl sites for hydroxylation is 1. The van der Waals surface area contributed by atoms with Crippen molar-refractivity contribution >= 4 is 22.5 Å². The molecular formula is C17H18N6O. The lowest BCUT2D eigenvalue weighted by molar-refractivity contribution is -0.119. The number of anilines is 1. The second-order valence-corrected chi connectivity index (χ2v) is 6.06. The Morgan fingerprint density at radius 1 is 1.29 bits per heavy atom. The average molecular weight is 322 g/mol. The summed E-state index contributed by atoms with van der Waals surface area (Å²) in [4.78, 5) is 21.3. The van der Waals surface area contributed by atoms with Crippen LogP contribution in [0.2, 0.25) is 0 Å². The molecule has 0 unspecified atom stereocenters. The van der Waals surface area contributed by atoms with Gasteiger partial charge in [-0.3, -0.25) is 19.4 Å². The fraction of sp³-hybridized carbons (Fsp3) is 0.294. The molecule has 0 aromatic carbocycles. The Labute approximate surface area is 139 Å². The Bertz CT molecular complexity index is 884. The Balaban J connectivity index is 1.59. The van der Waals surface area contributed by atoms with E-state index in [1.165, 1.54) is 0 Å². The topological polar surface area (TPSA) is 84.7 Å². The fourth-order valence-corrected chi connectivity index (χ4v) is 3.26. The second-order valence-electron chi connectivity index (χ2n) is 6.06. The molecular weight excluding hydrogens is 304 g/mol. The van der Waals surface area contributed by atoms with Gasteiger partial charge in [0.05, 0.1) is 23.3 Å². The lowest BCUT2D eigenvalue weighted by atomic mass is 9.90. The van der Waals surface area contributed by atoms with Crippen LogP contribution in [0.25, 0.3) is 10.9 Å². The normalized spacial score (nSPS) is 20.4. The molecule has 1 aliphatic rings. The van der Waals surface area contributed by atoms with Crippen molar-refractivity contribution in [2.45, 2.75) is 5.92 Å². The number of carbonyl (C=O) groups is 1. The quantitative estimate of drug-likeness (QED) is 0.759. The van der Waals surface area contributed by atoms with Gasteiger partial charge >= 0.3 is 0 Å². The Kier molecular flexibility index (Phi) is 3.70. The lowest BCUT2D eigenvalue weighted by Crippen LogP contribution is -2.28. The van der Waals surface area contributed by atoms with Gasteiger partial charge in [-0.15, -0.1) is 0 Å². The molecule has 1 saturated heterocycles. The number of hydrogen-bond acceptors (Lipinski definition) is 5. The van der Waals surface area contributed by atoms with Gasteiger partial charge in [0.15, 0.2) is 0 Å². The minimum absolute atomic E-state index is 0.00482. The van der Waals surface area contributed by atoms with Gasteiger partial charge < -0.3 is 10.6 Å². The second kappa shape index (κ2) is 6.01. The van der Waals surface area contributed by atoms with Crippen LogP contribution in [0.3, 0.4) is 0 Å². The van der Waals surface area contributed by atoms with Crippen molar-refractivity contribution in [3.8, 4) is 0 Å². The molecule has 1 aliphatic heterocycles. The minimum Gasteiger partial charge on any atom is -0.325 e. The minimum atomic E-state index is -0.130. The fourth-order valence-electron chi connectivity index (χ4n) is 3.26. The van der Waals surface area contributed by atoms with Crippen LogP contribution in [0.15, 0.2) is 43.1 Å². The van der Waals surface area contributed by atoms with Crippen molar-refractivity contribution in [2.24, 2.45) is 13.0 Å². The molecule has 3 aromatic heterocycles. The van der Waals surface area contributed by atoms with Gasteiger partial charge in [-0.1, -0.05) is 0 Å². The summed E-state index contributed by atoms with van der Waals surface area (Å²) in [5, 5.41) is 11.4. The SMILES string of the molecule is Cn1cc([C@H]2CNC[C@@H]2C(=O)Nc2ccnc3ccncc23)cn1. The first-order chi connectivity index (χ1) is 11.7. The first kappa shape index (κ1) is 14.8. The highest BCUT2D eigenvalue weighted by molar-refractivity contribution is 6.01. The maximum atomic E-state index is 12.8. The first-order valence-electron chi connectivity index (χ1n) is 7.91. The number of carbonyl (C=O) groups excluding carboxylic acids is 1. The van der Waals surface area contributed by atoms with E-state index in [1.54, 1.807) is 23.3 Å². The molecule has 2 atom stereocenters. The Hall–Kier alpha value is -2.80. The molecule has 122 valence electrons. The number of pyridine rings is 2. The number of nitrogens with zero attached hydrogens (tertiary/aromatic N) is 4. The van der Waals surface area contributed by atoms with E-state index in [-0.39, 0.29) is 17.7 Å². The van der Waals surface area contributed by atoms with E-state index in [2.05, 4.69) is 25.7 Å². The van der Waals surface area contributed by atoms with E-state index in [4.69, 9.17) is 0 Å².